The van der Waals surface area contributed by atoms with E-state index in [1.54, 1.807) is 6.20 Å². The van der Waals surface area contributed by atoms with E-state index < -0.39 is 0 Å². The summed E-state index contributed by atoms with van der Waals surface area (Å²) in [7, 11) is 0. The molecule has 0 saturated heterocycles. The summed E-state index contributed by atoms with van der Waals surface area (Å²) < 4.78 is 0. The van der Waals surface area contributed by atoms with Crippen molar-refractivity contribution in [2.24, 2.45) is 0 Å². The lowest BCUT2D eigenvalue weighted by Crippen LogP contribution is -2.04. The van der Waals surface area contributed by atoms with E-state index in [9.17, 15) is 4.79 Å². The number of pyridine rings is 1. The molecule has 0 N–H and O–H groups in total. The molecule has 0 aliphatic carbocycles. The number of aryl methyl sites for hydroxylation is 2. The van der Waals surface area contributed by atoms with Crippen molar-refractivity contribution in [1.29, 1.82) is 0 Å². The zero-order valence-corrected chi connectivity index (χ0v) is 12.3. The Bertz CT molecular complexity index is 800. The number of hydrogen-bond donors (Lipinski definition) is 0. The highest BCUT2D eigenvalue weighted by molar-refractivity contribution is 6.00. The molecule has 0 spiro atoms. The summed E-state index contributed by atoms with van der Waals surface area (Å²) in [5.41, 5.74) is 5.04. The van der Waals surface area contributed by atoms with Crippen LogP contribution in [-0.4, -0.2) is 10.8 Å². The van der Waals surface area contributed by atoms with Gasteiger partial charge in [-0.1, -0.05) is 47.5 Å². The van der Waals surface area contributed by atoms with E-state index in [1.165, 1.54) is 11.1 Å². The van der Waals surface area contributed by atoms with Crippen molar-refractivity contribution < 1.29 is 4.79 Å². The predicted octanol–water partition coefficient (Wildman–Crippen LogP) is 4.28. The smallest absolute Gasteiger partial charge is 0.167 e. The molecule has 0 fully saturated rings. The Morgan fingerprint density at radius 2 is 1.76 bits per heavy atom. The number of carbonyl (C=O) groups is 1. The number of ketones is 1. The Kier molecular flexibility index (Phi) is 3.53. The van der Waals surface area contributed by atoms with Crippen molar-refractivity contribution in [1.82, 2.24) is 4.98 Å². The van der Waals surface area contributed by atoms with Crippen molar-refractivity contribution in [3.8, 4) is 0 Å². The van der Waals surface area contributed by atoms with Gasteiger partial charge in [-0.3, -0.25) is 9.78 Å². The topological polar surface area (TPSA) is 30.0 Å². The molecule has 0 unspecified atom stereocenters. The maximum absolute atomic E-state index is 12.5. The van der Waals surface area contributed by atoms with Crippen LogP contribution in [0.5, 0.6) is 0 Å². The molecular weight excluding hydrogens is 258 g/mol. The van der Waals surface area contributed by atoms with Crippen LogP contribution < -0.4 is 0 Å². The Morgan fingerprint density at radius 1 is 1.00 bits per heavy atom. The average molecular weight is 275 g/mol. The van der Waals surface area contributed by atoms with Gasteiger partial charge in [0.05, 0.1) is 5.52 Å². The van der Waals surface area contributed by atoms with E-state index in [0.29, 0.717) is 6.42 Å². The van der Waals surface area contributed by atoms with Crippen LogP contribution in [0.2, 0.25) is 0 Å². The van der Waals surface area contributed by atoms with E-state index >= 15 is 0 Å². The Hall–Kier alpha value is -2.48. The van der Waals surface area contributed by atoms with Gasteiger partial charge in [0, 0.05) is 23.6 Å². The number of fused-ring (bicyclic) bond motifs is 1. The second-order valence-corrected chi connectivity index (χ2v) is 5.51. The highest BCUT2D eigenvalue weighted by Gasteiger charge is 2.09. The number of benzene rings is 2. The summed E-state index contributed by atoms with van der Waals surface area (Å²) in [4.78, 5) is 16.8. The first-order valence-corrected chi connectivity index (χ1v) is 7.07. The van der Waals surface area contributed by atoms with Crippen LogP contribution in [0.3, 0.4) is 0 Å². The van der Waals surface area contributed by atoms with Gasteiger partial charge in [-0.25, -0.2) is 0 Å². The number of aromatic nitrogens is 1. The average Bonchev–Trinajstić information content (AvgIpc) is 2.45. The van der Waals surface area contributed by atoms with Gasteiger partial charge in [0.25, 0.3) is 0 Å². The normalized spacial score (nSPS) is 10.8. The van der Waals surface area contributed by atoms with Gasteiger partial charge in [-0.15, -0.1) is 0 Å². The number of rotatable bonds is 3. The number of hydrogen-bond acceptors (Lipinski definition) is 2. The highest BCUT2D eigenvalue weighted by Crippen LogP contribution is 2.16. The van der Waals surface area contributed by atoms with Crippen LogP contribution in [-0.2, 0) is 6.42 Å². The fourth-order valence-corrected chi connectivity index (χ4v) is 2.70. The first-order valence-electron chi connectivity index (χ1n) is 7.07. The summed E-state index contributed by atoms with van der Waals surface area (Å²) >= 11 is 0. The molecule has 0 bridgehead atoms. The third-order valence-corrected chi connectivity index (χ3v) is 3.57. The minimum atomic E-state index is 0.132. The number of carbonyl (C=O) groups excluding carboxylic acids is 1. The molecule has 0 atom stereocenters. The molecular formula is C19H17NO. The number of nitrogens with zero attached hydrogens (tertiary/aromatic N) is 1. The molecule has 1 heterocycles. The standard InChI is InChI=1S/C19H17NO/c1-13-8-14(2)10-15(9-13)11-19(21)17-6-5-16-4-3-7-20-18(16)12-17/h3-10,12H,11H2,1-2H3. The first kappa shape index (κ1) is 13.5. The van der Waals surface area contributed by atoms with E-state index in [1.807, 2.05) is 30.3 Å². The lowest BCUT2D eigenvalue weighted by atomic mass is 9.99. The van der Waals surface area contributed by atoms with Gasteiger partial charge in [0.1, 0.15) is 0 Å². The fraction of sp³-hybridized carbons (Fsp3) is 0.158. The molecule has 0 aliphatic heterocycles. The first-order chi connectivity index (χ1) is 10.1. The lowest BCUT2D eigenvalue weighted by Gasteiger charge is -2.06. The summed E-state index contributed by atoms with van der Waals surface area (Å²) in [5, 5.41) is 1.06. The molecule has 0 aliphatic rings. The Balaban J connectivity index is 1.89. The number of Topliss-reactive ketones (excluding diaryl/α,β-unsaturated/α-hetero) is 1. The summed E-state index contributed by atoms with van der Waals surface area (Å²) in [6, 6.07) is 15.9. The predicted molar refractivity (Wildman–Crippen MR) is 85.7 cm³/mol. The van der Waals surface area contributed by atoms with Gasteiger partial charge in [0.15, 0.2) is 5.78 Å². The molecule has 104 valence electrons. The lowest BCUT2D eigenvalue weighted by molar-refractivity contribution is 0.0993. The Labute approximate surface area is 124 Å². The largest absolute Gasteiger partial charge is 0.294 e. The monoisotopic (exact) mass is 275 g/mol. The van der Waals surface area contributed by atoms with E-state index in [4.69, 9.17) is 0 Å². The molecule has 3 rings (SSSR count). The van der Waals surface area contributed by atoms with Crippen molar-refractivity contribution in [2.45, 2.75) is 20.3 Å². The molecule has 21 heavy (non-hydrogen) atoms. The van der Waals surface area contributed by atoms with Crippen molar-refractivity contribution >= 4 is 16.7 Å². The van der Waals surface area contributed by atoms with Gasteiger partial charge in [-0.05, 0) is 31.5 Å². The van der Waals surface area contributed by atoms with E-state index in [-0.39, 0.29) is 5.78 Å². The summed E-state index contributed by atoms with van der Waals surface area (Å²) in [6.07, 6.45) is 2.18. The molecule has 0 saturated carbocycles. The molecule has 0 amide bonds. The van der Waals surface area contributed by atoms with Gasteiger partial charge < -0.3 is 0 Å². The van der Waals surface area contributed by atoms with Gasteiger partial charge in [-0.2, -0.15) is 0 Å². The second-order valence-electron chi connectivity index (χ2n) is 5.51. The SMILES string of the molecule is Cc1cc(C)cc(CC(=O)c2ccc3cccnc3c2)c1. The molecule has 2 nitrogen and oxygen atoms in total. The van der Waals surface area contributed by atoms with Crippen LogP contribution in [0.4, 0.5) is 0 Å². The molecule has 2 heteroatoms. The van der Waals surface area contributed by atoms with Crippen LogP contribution >= 0.6 is 0 Å². The quantitative estimate of drug-likeness (QED) is 0.668. The molecule has 2 aromatic carbocycles. The highest BCUT2D eigenvalue weighted by atomic mass is 16.1. The van der Waals surface area contributed by atoms with Crippen molar-refractivity contribution in [3.05, 3.63) is 77.0 Å². The zero-order chi connectivity index (χ0) is 14.8. The van der Waals surface area contributed by atoms with Gasteiger partial charge in [0.2, 0.25) is 0 Å². The maximum Gasteiger partial charge on any atom is 0.167 e. The molecule has 0 radical (unpaired) electrons. The van der Waals surface area contributed by atoms with Crippen LogP contribution in [0, 0.1) is 13.8 Å². The maximum atomic E-state index is 12.5. The third kappa shape index (κ3) is 3.00. The van der Waals surface area contributed by atoms with E-state index in [2.05, 4.69) is 37.0 Å². The molecule has 3 aromatic rings. The van der Waals surface area contributed by atoms with Crippen LogP contribution in [0.1, 0.15) is 27.0 Å². The molecule has 1 aromatic heterocycles. The van der Waals surface area contributed by atoms with Crippen molar-refractivity contribution in [3.63, 3.8) is 0 Å². The third-order valence-electron chi connectivity index (χ3n) is 3.57. The van der Waals surface area contributed by atoms with Gasteiger partial charge >= 0.3 is 0 Å². The second kappa shape index (κ2) is 5.49. The van der Waals surface area contributed by atoms with Crippen molar-refractivity contribution in [2.75, 3.05) is 0 Å². The Morgan fingerprint density at radius 3 is 2.52 bits per heavy atom. The summed E-state index contributed by atoms with van der Waals surface area (Å²) in [6.45, 7) is 4.11. The van der Waals surface area contributed by atoms with Crippen LogP contribution in [0.15, 0.2) is 54.7 Å². The fourth-order valence-electron chi connectivity index (χ4n) is 2.70. The zero-order valence-electron chi connectivity index (χ0n) is 12.3. The van der Waals surface area contributed by atoms with Crippen LogP contribution in [0.25, 0.3) is 10.9 Å². The van der Waals surface area contributed by atoms with E-state index in [0.717, 1.165) is 22.0 Å². The summed E-state index contributed by atoms with van der Waals surface area (Å²) in [5.74, 6) is 0.132. The minimum absolute atomic E-state index is 0.132. The minimum Gasteiger partial charge on any atom is -0.294 e.